The van der Waals surface area contributed by atoms with Crippen LogP contribution < -0.4 is 19.5 Å². The molecule has 150 valence electrons. The number of benzene rings is 2. The molecule has 0 bridgehead atoms. The average molecular weight is 411 g/mol. The number of hydrogen-bond acceptors (Lipinski definition) is 7. The third-order valence-electron chi connectivity index (χ3n) is 4.06. The molecule has 1 aromatic heterocycles. The third kappa shape index (κ3) is 5.17. The molecule has 0 saturated heterocycles. The Bertz CT molecular complexity index is 980. The lowest BCUT2D eigenvalue weighted by atomic mass is 10.1. The summed E-state index contributed by atoms with van der Waals surface area (Å²) in [7, 11) is 4.76. The SMILES string of the molecule is COc1ccc(-c2ccc(SCC(=O)Nc3ccccc3OC)nn2)c(OC)c1. The summed E-state index contributed by atoms with van der Waals surface area (Å²) in [6.07, 6.45) is 0. The van der Waals surface area contributed by atoms with Gasteiger partial charge in [0.2, 0.25) is 5.91 Å². The van der Waals surface area contributed by atoms with Crippen molar-refractivity contribution in [3.05, 3.63) is 54.6 Å². The van der Waals surface area contributed by atoms with E-state index in [1.807, 2.05) is 36.4 Å². The van der Waals surface area contributed by atoms with Crippen LogP contribution in [-0.2, 0) is 4.79 Å². The van der Waals surface area contributed by atoms with Gasteiger partial charge in [-0.2, -0.15) is 0 Å². The first-order chi connectivity index (χ1) is 14.1. The topological polar surface area (TPSA) is 82.6 Å². The number of ether oxygens (including phenoxy) is 3. The number of nitrogens with one attached hydrogen (secondary N) is 1. The summed E-state index contributed by atoms with van der Waals surface area (Å²) in [6, 6.07) is 16.4. The number of thioether (sulfide) groups is 1. The van der Waals surface area contributed by atoms with E-state index in [9.17, 15) is 4.79 Å². The average Bonchev–Trinajstić information content (AvgIpc) is 2.78. The Morgan fingerprint density at radius 1 is 0.931 bits per heavy atom. The number of methoxy groups -OCH3 is 3. The minimum Gasteiger partial charge on any atom is -0.497 e. The molecule has 7 nitrogen and oxygen atoms in total. The van der Waals surface area contributed by atoms with Gasteiger partial charge in [0.1, 0.15) is 22.3 Å². The molecule has 0 fully saturated rings. The van der Waals surface area contributed by atoms with Crippen LogP contribution in [0.5, 0.6) is 17.2 Å². The minimum absolute atomic E-state index is 0.151. The van der Waals surface area contributed by atoms with Crippen LogP contribution in [0.15, 0.2) is 59.6 Å². The van der Waals surface area contributed by atoms with Gasteiger partial charge in [-0.3, -0.25) is 4.79 Å². The fourth-order valence-electron chi connectivity index (χ4n) is 2.62. The highest BCUT2D eigenvalue weighted by Crippen LogP contribution is 2.32. The van der Waals surface area contributed by atoms with Gasteiger partial charge in [0.15, 0.2) is 0 Å². The molecule has 0 radical (unpaired) electrons. The lowest BCUT2D eigenvalue weighted by Crippen LogP contribution is -2.14. The van der Waals surface area contributed by atoms with Gasteiger partial charge in [0.05, 0.1) is 38.5 Å². The van der Waals surface area contributed by atoms with Gasteiger partial charge in [0, 0.05) is 11.6 Å². The molecule has 2 aromatic carbocycles. The standard InChI is InChI=1S/C21H21N3O4S/c1-26-14-8-9-15(19(12-14)28-3)16-10-11-21(24-23-16)29-13-20(25)22-17-6-4-5-7-18(17)27-2/h4-12H,13H2,1-3H3,(H,22,25). The number of rotatable bonds is 8. The maximum absolute atomic E-state index is 12.2. The Hall–Kier alpha value is -3.26. The van der Waals surface area contributed by atoms with Gasteiger partial charge in [-0.05, 0) is 36.4 Å². The molecule has 0 aliphatic rings. The van der Waals surface area contributed by atoms with Gasteiger partial charge in [-0.15, -0.1) is 10.2 Å². The molecule has 0 aliphatic heterocycles. The van der Waals surface area contributed by atoms with Crippen LogP contribution in [0.3, 0.4) is 0 Å². The molecule has 0 saturated carbocycles. The molecule has 8 heteroatoms. The van der Waals surface area contributed by atoms with Crippen molar-refractivity contribution < 1.29 is 19.0 Å². The summed E-state index contributed by atoms with van der Waals surface area (Å²) in [6.45, 7) is 0. The van der Waals surface area contributed by atoms with E-state index in [1.54, 1.807) is 39.5 Å². The zero-order valence-electron chi connectivity index (χ0n) is 16.3. The van der Waals surface area contributed by atoms with E-state index in [0.29, 0.717) is 33.7 Å². The zero-order valence-corrected chi connectivity index (χ0v) is 17.2. The first kappa shape index (κ1) is 20.5. The molecule has 3 rings (SSSR count). The Morgan fingerprint density at radius 3 is 2.41 bits per heavy atom. The van der Waals surface area contributed by atoms with E-state index in [0.717, 1.165) is 5.56 Å². The Labute approximate surface area is 173 Å². The number of amides is 1. The van der Waals surface area contributed by atoms with Gasteiger partial charge < -0.3 is 19.5 Å². The first-order valence-electron chi connectivity index (χ1n) is 8.76. The van der Waals surface area contributed by atoms with E-state index in [4.69, 9.17) is 14.2 Å². The summed E-state index contributed by atoms with van der Waals surface area (Å²) < 4.78 is 15.9. The van der Waals surface area contributed by atoms with Crippen molar-refractivity contribution in [2.75, 3.05) is 32.4 Å². The molecule has 0 atom stereocenters. The second kappa shape index (κ2) is 9.79. The molecule has 0 unspecified atom stereocenters. The third-order valence-corrected chi connectivity index (χ3v) is 4.98. The van der Waals surface area contributed by atoms with Crippen LogP contribution in [0.2, 0.25) is 0 Å². The molecule has 3 aromatic rings. The Balaban J connectivity index is 1.63. The number of carbonyl (C=O) groups excluding carboxylic acids is 1. The van der Waals surface area contributed by atoms with E-state index >= 15 is 0 Å². The van der Waals surface area contributed by atoms with Crippen LogP contribution in [0.1, 0.15) is 0 Å². The van der Waals surface area contributed by atoms with Gasteiger partial charge in [-0.1, -0.05) is 23.9 Å². The van der Waals surface area contributed by atoms with Gasteiger partial charge >= 0.3 is 0 Å². The Morgan fingerprint density at radius 2 is 1.72 bits per heavy atom. The van der Waals surface area contributed by atoms with Crippen LogP contribution >= 0.6 is 11.8 Å². The van der Waals surface area contributed by atoms with Crippen molar-refractivity contribution in [2.45, 2.75) is 5.03 Å². The highest BCUT2D eigenvalue weighted by molar-refractivity contribution is 7.99. The van der Waals surface area contributed by atoms with Gasteiger partial charge in [-0.25, -0.2) is 0 Å². The van der Waals surface area contributed by atoms with E-state index in [-0.39, 0.29) is 11.7 Å². The Kier molecular flexibility index (Phi) is 6.91. The number of carbonyl (C=O) groups is 1. The quantitative estimate of drug-likeness (QED) is 0.563. The molecule has 29 heavy (non-hydrogen) atoms. The normalized spacial score (nSPS) is 10.3. The molecular weight excluding hydrogens is 390 g/mol. The van der Waals surface area contributed by atoms with Crippen LogP contribution in [-0.4, -0.2) is 43.2 Å². The molecular formula is C21H21N3O4S. The van der Waals surface area contributed by atoms with E-state index in [1.165, 1.54) is 11.8 Å². The molecule has 0 spiro atoms. The number of para-hydroxylation sites is 2. The van der Waals surface area contributed by atoms with Crippen molar-refractivity contribution in [1.82, 2.24) is 10.2 Å². The summed E-state index contributed by atoms with van der Waals surface area (Å²) in [5.74, 6) is 2.02. The van der Waals surface area contributed by atoms with Crippen LogP contribution in [0, 0.1) is 0 Å². The summed E-state index contributed by atoms with van der Waals surface area (Å²) in [5.41, 5.74) is 2.12. The second-order valence-corrected chi connectivity index (χ2v) is 6.86. The van der Waals surface area contributed by atoms with Crippen molar-refractivity contribution in [2.24, 2.45) is 0 Å². The van der Waals surface area contributed by atoms with E-state index < -0.39 is 0 Å². The fourth-order valence-corrected chi connectivity index (χ4v) is 3.24. The van der Waals surface area contributed by atoms with Crippen LogP contribution in [0.4, 0.5) is 5.69 Å². The first-order valence-corrected chi connectivity index (χ1v) is 9.75. The van der Waals surface area contributed by atoms with E-state index in [2.05, 4.69) is 15.5 Å². The van der Waals surface area contributed by atoms with Crippen molar-refractivity contribution in [1.29, 1.82) is 0 Å². The number of hydrogen-bond donors (Lipinski definition) is 1. The maximum atomic E-state index is 12.2. The monoisotopic (exact) mass is 411 g/mol. The predicted molar refractivity (Wildman–Crippen MR) is 113 cm³/mol. The smallest absolute Gasteiger partial charge is 0.234 e. The second-order valence-electron chi connectivity index (χ2n) is 5.86. The number of aromatic nitrogens is 2. The van der Waals surface area contributed by atoms with Gasteiger partial charge in [0.25, 0.3) is 0 Å². The lowest BCUT2D eigenvalue weighted by molar-refractivity contribution is -0.113. The van der Waals surface area contributed by atoms with Crippen molar-refractivity contribution in [3.63, 3.8) is 0 Å². The maximum Gasteiger partial charge on any atom is 0.234 e. The zero-order chi connectivity index (χ0) is 20.6. The highest BCUT2D eigenvalue weighted by Gasteiger charge is 2.11. The number of nitrogens with zero attached hydrogens (tertiary/aromatic N) is 2. The minimum atomic E-state index is -0.151. The van der Waals surface area contributed by atoms with Crippen LogP contribution in [0.25, 0.3) is 11.3 Å². The lowest BCUT2D eigenvalue weighted by Gasteiger charge is -2.10. The largest absolute Gasteiger partial charge is 0.497 e. The molecule has 1 N–H and O–H groups in total. The summed E-state index contributed by atoms with van der Waals surface area (Å²) in [4.78, 5) is 12.2. The summed E-state index contributed by atoms with van der Waals surface area (Å²) >= 11 is 1.30. The molecule has 1 amide bonds. The van der Waals surface area contributed by atoms with Crippen molar-refractivity contribution >= 4 is 23.4 Å². The van der Waals surface area contributed by atoms with Crippen molar-refractivity contribution in [3.8, 4) is 28.5 Å². The number of anilines is 1. The predicted octanol–water partition coefficient (Wildman–Crippen LogP) is 3.90. The summed E-state index contributed by atoms with van der Waals surface area (Å²) in [5, 5.41) is 11.9. The molecule has 1 heterocycles. The highest BCUT2D eigenvalue weighted by atomic mass is 32.2. The molecule has 0 aliphatic carbocycles. The fraction of sp³-hybridized carbons (Fsp3) is 0.190.